The number of halogens is 4. The summed E-state index contributed by atoms with van der Waals surface area (Å²) in [4.78, 5) is 17.8. The van der Waals surface area contributed by atoms with Crippen LogP contribution in [0.2, 0.25) is 5.02 Å². The maximum atomic E-state index is 14.0. The van der Waals surface area contributed by atoms with Crippen LogP contribution in [0.3, 0.4) is 0 Å². The van der Waals surface area contributed by atoms with Crippen LogP contribution >= 0.6 is 11.6 Å². The average Bonchev–Trinajstić information content (AvgIpc) is 2.78. The second-order valence-corrected chi connectivity index (χ2v) is 10.6. The Labute approximate surface area is 221 Å². The van der Waals surface area contributed by atoms with Crippen LogP contribution in [0.15, 0.2) is 71.4 Å². The van der Waals surface area contributed by atoms with Crippen molar-refractivity contribution in [3.05, 3.63) is 100 Å². The molecule has 1 aliphatic rings. The lowest BCUT2D eigenvalue weighted by molar-refractivity contribution is 0.0974. The molecule has 0 spiro atoms. The minimum absolute atomic E-state index is 0.0822. The van der Waals surface area contributed by atoms with Crippen LogP contribution in [0.5, 0.6) is 0 Å². The fraction of sp³-hybridized carbons (Fsp3) is 0.345. The molecule has 37 heavy (non-hydrogen) atoms. The lowest BCUT2D eigenvalue weighted by Crippen LogP contribution is -2.50. The molecule has 0 fully saturated rings. The lowest BCUT2D eigenvalue weighted by Gasteiger charge is -2.30. The third-order valence-corrected chi connectivity index (χ3v) is 6.35. The quantitative estimate of drug-likeness (QED) is 0.252. The number of carbonyl (C=O) groups excluding carboxylic acids is 1. The molecule has 2 aromatic rings. The Kier molecular flexibility index (Phi) is 9.06. The van der Waals surface area contributed by atoms with E-state index in [2.05, 4.69) is 22.9 Å². The van der Waals surface area contributed by atoms with Crippen LogP contribution in [0, 0.1) is 23.4 Å². The molecule has 0 radical (unpaired) electrons. The molecule has 0 bridgehead atoms. The number of amides is 1. The van der Waals surface area contributed by atoms with E-state index in [1.54, 1.807) is 6.08 Å². The SMILES string of the molecule is C=CC1=C=CCC(c2cc(F)cc(F)c2)CC(N=C(NC(=O)c2ccc(Cl)c(F)c2)NC(C)(C)C)C1C. The maximum absolute atomic E-state index is 14.0. The van der Waals surface area contributed by atoms with Gasteiger partial charge < -0.3 is 5.32 Å². The van der Waals surface area contributed by atoms with Gasteiger partial charge in [0.25, 0.3) is 5.91 Å². The van der Waals surface area contributed by atoms with Crippen LogP contribution in [-0.2, 0) is 0 Å². The van der Waals surface area contributed by atoms with Crippen LogP contribution in [0.25, 0.3) is 0 Å². The highest BCUT2D eigenvalue weighted by Crippen LogP contribution is 2.34. The molecular weight excluding hydrogens is 499 g/mol. The van der Waals surface area contributed by atoms with E-state index < -0.39 is 34.9 Å². The number of nitrogens with zero attached hydrogens (tertiary/aromatic N) is 1. The number of nitrogens with one attached hydrogen (secondary N) is 2. The molecule has 0 aliphatic heterocycles. The fourth-order valence-corrected chi connectivity index (χ4v) is 4.29. The number of carbonyl (C=O) groups is 1. The van der Waals surface area contributed by atoms with E-state index in [0.717, 1.165) is 17.7 Å². The summed E-state index contributed by atoms with van der Waals surface area (Å²) in [6.45, 7) is 11.6. The third-order valence-electron chi connectivity index (χ3n) is 6.04. The number of rotatable bonds is 4. The summed E-state index contributed by atoms with van der Waals surface area (Å²) in [6.07, 6.45) is 4.50. The molecule has 0 aromatic heterocycles. The molecule has 1 aliphatic carbocycles. The zero-order valence-corrected chi connectivity index (χ0v) is 22.1. The average molecular weight is 530 g/mol. The molecule has 0 heterocycles. The summed E-state index contributed by atoms with van der Waals surface area (Å²) in [6, 6.07) is 6.89. The number of aliphatic imine (C=N–C) groups is 1. The summed E-state index contributed by atoms with van der Waals surface area (Å²) >= 11 is 5.75. The first-order valence-electron chi connectivity index (χ1n) is 12.0. The first kappa shape index (κ1) is 28.3. The predicted octanol–water partition coefficient (Wildman–Crippen LogP) is 7.08. The van der Waals surface area contributed by atoms with Crippen molar-refractivity contribution in [3.63, 3.8) is 0 Å². The van der Waals surface area contributed by atoms with Gasteiger partial charge in [-0.3, -0.25) is 10.1 Å². The van der Waals surface area contributed by atoms with E-state index in [9.17, 15) is 18.0 Å². The molecule has 0 saturated carbocycles. The van der Waals surface area contributed by atoms with E-state index in [0.29, 0.717) is 18.4 Å². The van der Waals surface area contributed by atoms with Crippen molar-refractivity contribution in [3.8, 4) is 0 Å². The van der Waals surface area contributed by atoms with Gasteiger partial charge in [-0.2, -0.15) is 0 Å². The minimum atomic E-state index is -0.706. The highest BCUT2D eigenvalue weighted by atomic mass is 35.5. The summed E-state index contributed by atoms with van der Waals surface area (Å²) < 4.78 is 42.0. The van der Waals surface area contributed by atoms with E-state index in [-0.39, 0.29) is 28.4 Å². The highest BCUT2D eigenvalue weighted by molar-refractivity contribution is 6.30. The molecular formula is C29H31ClF3N3O. The second kappa shape index (κ2) is 11.8. The molecule has 0 saturated heterocycles. The largest absolute Gasteiger partial charge is 0.351 e. The van der Waals surface area contributed by atoms with Gasteiger partial charge in [0.1, 0.15) is 17.5 Å². The van der Waals surface area contributed by atoms with Crippen molar-refractivity contribution in [2.45, 2.75) is 58.0 Å². The van der Waals surface area contributed by atoms with Crippen molar-refractivity contribution < 1.29 is 18.0 Å². The number of hydrogen-bond acceptors (Lipinski definition) is 2. The molecule has 3 rings (SSSR count). The van der Waals surface area contributed by atoms with Gasteiger partial charge >= 0.3 is 0 Å². The zero-order chi connectivity index (χ0) is 27.3. The lowest BCUT2D eigenvalue weighted by atomic mass is 9.81. The second-order valence-electron chi connectivity index (χ2n) is 10.2. The maximum Gasteiger partial charge on any atom is 0.258 e. The predicted molar refractivity (Wildman–Crippen MR) is 142 cm³/mol. The molecule has 1 amide bonds. The Morgan fingerprint density at radius 3 is 2.43 bits per heavy atom. The Morgan fingerprint density at radius 2 is 1.84 bits per heavy atom. The van der Waals surface area contributed by atoms with E-state index in [1.807, 2.05) is 33.8 Å². The third kappa shape index (κ3) is 7.85. The Hall–Kier alpha value is -3.28. The van der Waals surface area contributed by atoms with Crippen LogP contribution in [0.1, 0.15) is 62.4 Å². The van der Waals surface area contributed by atoms with Gasteiger partial charge in [-0.15, -0.1) is 5.73 Å². The van der Waals surface area contributed by atoms with Crippen molar-refractivity contribution in [1.82, 2.24) is 10.6 Å². The van der Waals surface area contributed by atoms with Crippen molar-refractivity contribution in [2.24, 2.45) is 10.9 Å². The number of allylic oxidation sites excluding steroid dienone is 1. The molecule has 2 N–H and O–H groups in total. The summed E-state index contributed by atoms with van der Waals surface area (Å²) in [5, 5.41) is 5.88. The van der Waals surface area contributed by atoms with Crippen molar-refractivity contribution in [2.75, 3.05) is 0 Å². The van der Waals surface area contributed by atoms with Crippen molar-refractivity contribution >= 4 is 23.5 Å². The number of benzene rings is 2. The molecule has 8 heteroatoms. The first-order valence-corrected chi connectivity index (χ1v) is 12.4. The van der Waals surface area contributed by atoms with Gasteiger partial charge in [-0.05, 0) is 87.1 Å². The van der Waals surface area contributed by atoms with E-state index in [4.69, 9.17) is 16.6 Å². The number of guanidine groups is 1. The molecule has 4 nitrogen and oxygen atoms in total. The van der Waals surface area contributed by atoms with Gasteiger partial charge in [-0.1, -0.05) is 31.2 Å². The Bertz CT molecular complexity index is 1260. The fourth-order valence-electron chi connectivity index (χ4n) is 4.18. The smallest absolute Gasteiger partial charge is 0.258 e. The minimum Gasteiger partial charge on any atom is -0.351 e. The van der Waals surface area contributed by atoms with Gasteiger partial charge in [0.05, 0.1) is 11.1 Å². The van der Waals surface area contributed by atoms with Crippen LogP contribution < -0.4 is 10.6 Å². The van der Waals surface area contributed by atoms with E-state index in [1.165, 1.54) is 24.3 Å². The Morgan fingerprint density at radius 1 is 1.16 bits per heavy atom. The normalized spacial score (nSPS) is 20.5. The molecule has 3 atom stereocenters. The Balaban J connectivity index is 2.02. The van der Waals surface area contributed by atoms with Gasteiger partial charge in [0.15, 0.2) is 5.96 Å². The van der Waals surface area contributed by atoms with Crippen molar-refractivity contribution in [1.29, 1.82) is 0 Å². The standard InChI is InChI=1S/C29H31ClF3N3O/c1-6-18-8-7-9-19(21-12-22(31)16-23(32)13-21)15-26(17(18)2)34-28(36-29(3,4)5)35-27(37)20-10-11-24(30)25(33)14-20/h6-7,10-14,16-17,19,26H,1,9,15H2,2-5H3,(H2,34,35,36,37). The summed E-state index contributed by atoms with van der Waals surface area (Å²) in [5.41, 5.74) is 4.21. The van der Waals surface area contributed by atoms with Gasteiger partial charge in [0, 0.05) is 23.1 Å². The van der Waals surface area contributed by atoms with Gasteiger partial charge in [-0.25, -0.2) is 18.2 Å². The summed E-state index contributed by atoms with van der Waals surface area (Å²) in [7, 11) is 0. The van der Waals surface area contributed by atoms with E-state index >= 15 is 0 Å². The topological polar surface area (TPSA) is 53.5 Å². The van der Waals surface area contributed by atoms with Gasteiger partial charge in [0.2, 0.25) is 0 Å². The molecule has 3 unspecified atom stereocenters. The molecule has 2 aromatic carbocycles. The summed E-state index contributed by atoms with van der Waals surface area (Å²) in [5.74, 6) is -2.77. The zero-order valence-electron chi connectivity index (χ0n) is 21.3. The highest BCUT2D eigenvalue weighted by Gasteiger charge is 2.28. The van der Waals surface area contributed by atoms with Crippen LogP contribution in [0.4, 0.5) is 13.2 Å². The monoisotopic (exact) mass is 529 g/mol. The number of hydrogen-bond donors (Lipinski definition) is 2. The first-order chi connectivity index (χ1) is 17.4. The van der Waals surface area contributed by atoms with Crippen LogP contribution in [-0.4, -0.2) is 23.4 Å². The molecule has 196 valence electrons.